The molecular formula is C19H23IN6O. The van der Waals surface area contributed by atoms with Crippen LogP contribution in [0.25, 0.3) is 5.69 Å². The molecule has 2 aromatic heterocycles. The van der Waals surface area contributed by atoms with E-state index in [0.717, 1.165) is 29.2 Å². The van der Waals surface area contributed by atoms with Gasteiger partial charge in [-0.05, 0) is 42.5 Å². The fourth-order valence-electron chi connectivity index (χ4n) is 2.41. The second kappa shape index (κ2) is 10.5. The molecule has 27 heavy (non-hydrogen) atoms. The summed E-state index contributed by atoms with van der Waals surface area (Å²) in [6.07, 6.45) is 4.48. The molecule has 142 valence electrons. The Labute approximate surface area is 175 Å². The number of guanidine groups is 1. The number of rotatable bonds is 7. The number of aromatic nitrogens is 3. The molecule has 0 atom stereocenters. The number of aliphatic imine (C=N–C) groups is 1. The Morgan fingerprint density at radius 1 is 1.15 bits per heavy atom. The first kappa shape index (κ1) is 20.7. The molecule has 0 unspecified atom stereocenters. The first-order chi connectivity index (χ1) is 12.7. The fourth-order valence-corrected chi connectivity index (χ4v) is 2.41. The summed E-state index contributed by atoms with van der Waals surface area (Å²) >= 11 is 0. The summed E-state index contributed by atoms with van der Waals surface area (Å²) in [6, 6.07) is 15.5. The van der Waals surface area contributed by atoms with Gasteiger partial charge in [0.2, 0.25) is 0 Å². The maximum atomic E-state index is 5.91. The number of nitrogens with two attached hydrogens (primary N) is 1. The Hall–Kier alpha value is -2.62. The van der Waals surface area contributed by atoms with Crippen molar-refractivity contribution in [3.05, 3.63) is 72.3 Å². The Bertz CT molecular complexity index is 848. The average molecular weight is 478 g/mol. The Morgan fingerprint density at radius 2 is 1.96 bits per heavy atom. The summed E-state index contributed by atoms with van der Waals surface area (Å²) in [5.41, 5.74) is 8.73. The molecule has 0 spiro atoms. The van der Waals surface area contributed by atoms with Crippen LogP contribution in [0.5, 0.6) is 5.75 Å². The maximum Gasteiger partial charge on any atom is 0.188 e. The number of benzene rings is 1. The highest BCUT2D eigenvalue weighted by Gasteiger charge is 2.02. The second-order valence-corrected chi connectivity index (χ2v) is 5.65. The molecule has 8 heteroatoms. The summed E-state index contributed by atoms with van der Waals surface area (Å²) < 4.78 is 6.96. The molecule has 0 bridgehead atoms. The molecule has 0 saturated heterocycles. The van der Waals surface area contributed by atoms with Gasteiger partial charge in [-0.1, -0.05) is 6.07 Å². The second-order valence-electron chi connectivity index (χ2n) is 5.65. The van der Waals surface area contributed by atoms with Crippen LogP contribution in [0.4, 0.5) is 0 Å². The number of nitrogens with one attached hydrogen (secondary N) is 1. The van der Waals surface area contributed by atoms with Gasteiger partial charge in [0.25, 0.3) is 0 Å². The van der Waals surface area contributed by atoms with Crippen LogP contribution < -0.4 is 15.8 Å². The van der Waals surface area contributed by atoms with Crippen LogP contribution in [-0.2, 0) is 13.0 Å². The van der Waals surface area contributed by atoms with Crippen molar-refractivity contribution in [2.24, 2.45) is 10.7 Å². The summed E-state index contributed by atoms with van der Waals surface area (Å²) in [4.78, 5) is 8.60. The van der Waals surface area contributed by atoms with E-state index in [-0.39, 0.29) is 24.0 Å². The number of pyridine rings is 1. The van der Waals surface area contributed by atoms with Gasteiger partial charge in [-0.2, -0.15) is 5.10 Å². The first-order valence-corrected chi connectivity index (χ1v) is 8.37. The van der Waals surface area contributed by atoms with Crippen molar-refractivity contribution < 1.29 is 4.74 Å². The van der Waals surface area contributed by atoms with Gasteiger partial charge in [-0.25, -0.2) is 9.67 Å². The third kappa shape index (κ3) is 6.24. The van der Waals surface area contributed by atoms with Crippen LogP contribution in [0.15, 0.2) is 65.9 Å². The minimum absolute atomic E-state index is 0. The van der Waals surface area contributed by atoms with E-state index in [1.165, 1.54) is 0 Å². The van der Waals surface area contributed by atoms with Crippen LogP contribution in [0.3, 0.4) is 0 Å². The van der Waals surface area contributed by atoms with E-state index in [4.69, 9.17) is 10.5 Å². The number of ether oxygens (including phenoxy) is 1. The van der Waals surface area contributed by atoms with Crippen LogP contribution >= 0.6 is 24.0 Å². The molecular weight excluding hydrogens is 455 g/mol. The summed E-state index contributed by atoms with van der Waals surface area (Å²) in [5.74, 6) is 1.22. The lowest BCUT2D eigenvalue weighted by Gasteiger charge is -2.05. The Balaban J connectivity index is 0.00000261. The van der Waals surface area contributed by atoms with E-state index >= 15 is 0 Å². The SMILES string of the molecule is COc1ccc(-n2ccc(CN=C(N)NCCc3ccccn3)n2)cc1.I. The normalized spacial score (nSPS) is 10.9. The topological polar surface area (TPSA) is 90.3 Å². The van der Waals surface area contributed by atoms with E-state index < -0.39 is 0 Å². The molecule has 1 aromatic carbocycles. The minimum Gasteiger partial charge on any atom is -0.497 e. The lowest BCUT2D eigenvalue weighted by Crippen LogP contribution is -2.33. The molecule has 7 nitrogen and oxygen atoms in total. The van der Waals surface area contributed by atoms with Gasteiger partial charge >= 0.3 is 0 Å². The lowest BCUT2D eigenvalue weighted by atomic mass is 10.3. The Kier molecular flexibility index (Phi) is 8.05. The molecule has 3 aromatic rings. The smallest absolute Gasteiger partial charge is 0.188 e. The van der Waals surface area contributed by atoms with Crippen LogP contribution in [0.2, 0.25) is 0 Å². The van der Waals surface area contributed by atoms with Crippen molar-refractivity contribution in [3.63, 3.8) is 0 Å². The molecule has 0 aliphatic heterocycles. The third-order valence-electron chi connectivity index (χ3n) is 3.81. The van der Waals surface area contributed by atoms with Gasteiger partial charge in [-0.3, -0.25) is 4.98 Å². The van der Waals surface area contributed by atoms with E-state index in [0.29, 0.717) is 19.0 Å². The molecule has 3 rings (SSSR count). The third-order valence-corrected chi connectivity index (χ3v) is 3.81. The van der Waals surface area contributed by atoms with E-state index in [1.807, 2.05) is 54.7 Å². The van der Waals surface area contributed by atoms with E-state index in [1.54, 1.807) is 18.0 Å². The van der Waals surface area contributed by atoms with Crippen molar-refractivity contribution in [1.82, 2.24) is 20.1 Å². The molecule has 0 amide bonds. The summed E-state index contributed by atoms with van der Waals surface area (Å²) in [6.45, 7) is 1.11. The van der Waals surface area contributed by atoms with Crippen LogP contribution in [-0.4, -0.2) is 34.4 Å². The first-order valence-electron chi connectivity index (χ1n) is 8.37. The average Bonchev–Trinajstić information content (AvgIpc) is 3.16. The van der Waals surface area contributed by atoms with Gasteiger partial charge in [-0.15, -0.1) is 24.0 Å². The molecule has 0 aliphatic carbocycles. The fraction of sp³-hybridized carbons (Fsp3) is 0.211. The molecule has 3 N–H and O–H groups in total. The monoisotopic (exact) mass is 478 g/mol. The lowest BCUT2D eigenvalue weighted by molar-refractivity contribution is 0.414. The van der Waals surface area contributed by atoms with Crippen LogP contribution in [0.1, 0.15) is 11.4 Å². The minimum atomic E-state index is 0. The molecule has 2 heterocycles. The van der Waals surface area contributed by atoms with Crippen molar-refractivity contribution in [2.45, 2.75) is 13.0 Å². The van der Waals surface area contributed by atoms with Crippen molar-refractivity contribution >= 4 is 29.9 Å². The highest BCUT2D eigenvalue weighted by atomic mass is 127. The van der Waals surface area contributed by atoms with Crippen molar-refractivity contribution in [3.8, 4) is 11.4 Å². The number of hydrogen-bond acceptors (Lipinski definition) is 4. The van der Waals surface area contributed by atoms with Gasteiger partial charge in [0.05, 0.1) is 25.0 Å². The van der Waals surface area contributed by atoms with Crippen molar-refractivity contribution in [2.75, 3.05) is 13.7 Å². The predicted octanol–water partition coefficient (Wildman–Crippen LogP) is 2.54. The maximum absolute atomic E-state index is 5.91. The summed E-state index contributed by atoms with van der Waals surface area (Å²) in [5, 5.41) is 7.60. The number of halogens is 1. The largest absolute Gasteiger partial charge is 0.497 e. The van der Waals surface area contributed by atoms with Crippen LogP contribution in [0, 0.1) is 0 Å². The Morgan fingerprint density at radius 3 is 2.67 bits per heavy atom. The van der Waals surface area contributed by atoms with Gasteiger partial charge in [0.15, 0.2) is 5.96 Å². The molecule has 0 radical (unpaired) electrons. The predicted molar refractivity (Wildman–Crippen MR) is 117 cm³/mol. The number of methoxy groups -OCH3 is 1. The number of hydrogen-bond donors (Lipinski definition) is 2. The standard InChI is InChI=1S/C19H22N6O.HI/c1-26-18-7-5-17(6-8-18)25-13-10-16(24-25)14-23-19(20)22-12-9-15-4-2-3-11-21-15;/h2-8,10-11,13H,9,12,14H2,1H3,(H3,20,22,23);1H. The van der Waals surface area contributed by atoms with E-state index in [2.05, 4.69) is 20.4 Å². The zero-order chi connectivity index (χ0) is 18.2. The number of nitrogens with zero attached hydrogens (tertiary/aromatic N) is 4. The zero-order valence-electron chi connectivity index (χ0n) is 15.1. The molecule has 0 saturated carbocycles. The quantitative estimate of drug-likeness (QED) is 0.310. The van der Waals surface area contributed by atoms with Gasteiger partial charge in [0.1, 0.15) is 5.75 Å². The highest BCUT2D eigenvalue weighted by Crippen LogP contribution is 2.14. The summed E-state index contributed by atoms with van der Waals surface area (Å²) in [7, 11) is 1.65. The highest BCUT2D eigenvalue weighted by molar-refractivity contribution is 14.0. The van der Waals surface area contributed by atoms with Gasteiger partial charge in [0, 0.05) is 31.1 Å². The van der Waals surface area contributed by atoms with Crippen molar-refractivity contribution in [1.29, 1.82) is 0 Å². The molecule has 0 fully saturated rings. The van der Waals surface area contributed by atoms with E-state index in [9.17, 15) is 0 Å². The van der Waals surface area contributed by atoms with Gasteiger partial charge < -0.3 is 15.8 Å². The molecule has 0 aliphatic rings. The zero-order valence-corrected chi connectivity index (χ0v) is 17.4.